The maximum Gasteiger partial charge on any atom is 0.236 e. The number of rotatable bonds is 7. The summed E-state index contributed by atoms with van der Waals surface area (Å²) in [7, 11) is 0. The molecule has 1 heterocycles. The van der Waals surface area contributed by atoms with Gasteiger partial charge in [-0.05, 0) is 48.6 Å². The molecule has 5 heteroatoms. The lowest BCUT2D eigenvalue weighted by Crippen LogP contribution is -2.47. The molecule has 2 atom stereocenters. The minimum absolute atomic E-state index is 0.0559. The fraction of sp³-hybridized carbons (Fsp3) is 0.667. The summed E-state index contributed by atoms with van der Waals surface area (Å²) in [6.07, 6.45) is 8.31. The van der Waals surface area contributed by atoms with E-state index in [2.05, 4.69) is 43.4 Å². The molecule has 1 aromatic carbocycles. The normalized spacial score (nSPS) is 21.9. The molecular formula is C24H37N3O2. The molecule has 3 N–H and O–H groups in total. The predicted octanol–water partition coefficient (Wildman–Crippen LogP) is 3.74. The summed E-state index contributed by atoms with van der Waals surface area (Å²) in [6.45, 7) is 5.83. The second-order valence-electron chi connectivity index (χ2n) is 9.19. The number of hydrogen-bond acceptors (Lipinski definition) is 3. The first-order valence-electron chi connectivity index (χ1n) is 11.4. The minimum Gasteiger partial charge on any atom is -0.369 e. The van der Waals surface area contributed by atoms with Crippen molar-refractivity contribution in [3.8, 4) is 0 Å². The van der Waals surface area contributed by atoms with Crippen molar-refractivity contribution in [3.63, 3.8) is 0 Å². The van der Waals surface area contributed by atoms with Gasteiger partial charge < -0.3 is 16.0 Å². The van der Waals surface area contributed by atoms with Crippen LogP contribution in [0.3, 0.4) is 0 Å². The Kier molecular flexibility index (Phi) is 7.70. The summed E-state index contributed by atoms with van der Waals surface area (Å²) in [5, 5.41) is 3.47. The van der Waals surface area contributed by atoms with E-state index in [0.29, 0.717) is 31.5 Å². The van der Waals surface area contributed by atoms with Gasteiger partial charge in [0.25, 0.3) is 0 Å². The summed E-state index contributed by atoms with van der Waals surface area (Å²) in [6, 6.07) is 9.17. The van der Waals surface area contributed by atoms with Crippen molar-refractivity contribution >= 4 is 11.8 Å². The zero-order valence-corrected chi connectivity index (χ0v) is 18.0. The van der Waals surface area contributed by atoms with Crippen LogP contribution in [-0.4, -0.2) is 36.3 Å². The summed E-state index contributed by atoms with van der Waals surface area (Å²) in [4.78, 5) is 26.0. The minimum atomic E-state index is -0.298. The van der Waals surface area contributed by atoms with Crippen molar-refractivity contribution < 1.29 is 9.59 Å². The van der Waals surface area contributed by atoms with E-state index >= 15 is 0 Å². The summed E-state index contributed by atoms with van der Waals surface area (Å²) in [5.74, 6) is 0.639. The van der Waals surface area contributed by atoms with Gasteiger partial charge in [-0.2, -0.15) is 0 Å². The predicted molar refractivity (Wildman–Crippen MR) is 116 cm³/mol. The number of nitrogens with zero attached hydrogens (tertiary/aromatic N) is 1. The van der Waals surface area contributed by atoms with Gasteiger partial charge in [-0.25, -0.2) is 0 Å². The summed E-state index contributed by atoms with van der Waals surface area (Å²) >= 11 is 0. The molecule has 29 heavy (non-hydrogen) atoms. The Labute approximate surface area is 175 Å². The molecule has 1 saturated heterocycles. The average Bonchev–Trinajstić information content (AvgIpc) is 2.74. The first-order chi connectivity index (χ1) is 14.0. The van der Waals surface area contributed by atoms with Gasteiger partial charge in [0.05, 0.1) is 12.5 Å². The van der Waals surface area contributed by atoms with E-state index in [1.165, 1.54) is 43.2 Å². The highest BCUT2D eigenvalue weighted by molar-refractivity contribution is 5.81. The van der Waals surface area contributed by atoms with Gasteiger partial charge in [-0.1, -0.05) is 57.4 Å². The van der Waals surface area contributed by atoms with Crippen LogP contribution in [0.25, 0.3) is 0 Å². The molecule has 0 radical (unpaired) electrons. The summed E-state index contributed by atoms with van der Waals surface area (Å²) in [5.41, 5.74) is 8.13. The quantitative estimate of drug-likeness (QED) is 0.733. The fourth-order valence-electron chi connectivity index (χ4n) is 4.89. The Morgan fingerprint density at radius 1 is 1.07 bits per heavy atom. The van der Waals surface area contributed by atoms with Gasteiger partial charge in [0.2, 0.25) is 11.8 Å². The largest absolute Gasteiger partial charge is 0.369 e. The van der Waals surface area contributed by atoms with Gasteiger partial charge in [0.1, 0.15) is 0 Å². The second-order valence-corrected chi connectivity index (χ2v) is 9.19. The fourth-order valence-corrected chi connectivity index (χ4v) is 4.89. The maximum absolute atomic E-state index is 12.7. The van der Waals surface area contributed by atoms with Crippen LogP contribution in [0.4, 0.5) is 0 Å². The number of nitrogens with two attached hydrogens (primary N) is 1. The Hall–Kier alpha value is -1.88. The first-order valence-corrected chi connectivity index (χ1v) is 11.4. The standard InChI is InChI=1S/C24H37N3O2/c1-17(2)23(20-12-10-19(11-13-20)18-7-4-3-5-8-18)26-15-22(28)27-14-6-9-21(16-27)24(25)29/h10-13,17-18,21,23,26H,3-9,14-16H2,1-2H3,(H2,25,29)/t21-,23+/m1/s1. The van der Waals surface area contributed by atoms with Crippen molar-refractivity contribution in [1.29, 1.82) is 0 Å². The molecule has 0 bridgehead atoms. The van der Waals surface area contributed by atoms with E-state index in [9.17, 15) is 9.59 Å². The monoisotopic (exact) mass is 399 g/mol. The number of piperidine rings is 1. The molecule has 3 rings (SSSR count). The molecule has 0 unspecified atom stereocenters. The van der Waals surface area contributed by atoms with E-state index in [4.69, 9.17) is 5.73 Å². The van der Waals surface area contributed by atoms with Gasteiger partial charge in [0.15, 0.2) is 0 Å². The summed E-state index contributed by atoms with van der Waals surface area (Å²) < 4.78 is 0. The van der Waals surface area contributed by atoms with E-state index in [-0.39, 0.29) is 23.8 Å². The van der Waals surface area contributed by atoms with Crippen LogP contribution in [-0.2, 0) is 9.59 Å². The zero-order chi connectivity index (χ0) is 20.8. The number of primary amides is 1. The lowest BCUT2D eigenvalue weighted by Gasteiger charge is -2.32. The van der Waals surface area contributed by atoms with Crippen LogP contribution in [0.1, 0.15) is 81.9 Å². The lowest BCUT2D eigenvalue weighted by molar-refractivity contribution is -0.134. The molecule has 2 amide bonds. The number of likely N-dealkylation sites (tertiary alicyclic amines) is 1. The molecular weight excluding hydrogens is 362 g/mol. The van der Waals surface area contributed by atoms with E-state index in [0.717, 1.165) is 12.8 Å². The molecule has 1 aromatic rings. The number of benzene rings is 1. The van der Waals surface area contributed by atoms with Crippen molar-refractivity contribution in [1.82, 2.24) is 10.2 Å². The lowest BCUT2D eigenvalue weighted by atomic mass is 9.83. The highest BCUT2D eigenvalue weighted by Crippen LogP contribution is 2.33. The molecule has 2 fully saturated rings. The van der Waals surface area contributed by atoms with E-state index in [1.807, 2.05) is 0 Å². The van der Waals surface area contributed by atoms with Crippen LogP contribution >= 0.6 is 0 Å². The van der Waals surface area contributed by atoms with Crippen molar-refractivity contribution in [2.45, 2.75) is 70.8 Å². The van der Waals surface area contributed by atoms with Gasteiger partial charge >= 0.3 is 0 Å². The van der Waals surface area contributed by atoms with Gasteiger partial charge in [-0.3, -0.25) is 9.59 Å². The number of hydrogen-bond donors (Lipinski definition) is 2. The van der Waals surface area contributed by atoms with Crippen molar-refractivity contribution in [3.05, 3.63) is 35.4 Å². The Bertz CT molecular complexity index is 680. The smallest absolute Gasteiger partial charge is 0.236 e. The third kappa shape index (κ3) is 5.81. The van der Waals surface area contributed by atoms with Crippen LogP contribution in [0, 0.1) is 11.8 Å². The van der Waals surface area contributed by atoms with Gasteiger partial charge in [-0.15, -0.1) is 0 Å². The third-order valence-corrected chi connectivity index (χ3v) is 6.69. The van der Waals surface area contributed by atoms with E-state index < -0.39 is 0 Å². The van der Waals surface area contributed by atoms with E-state index in [1.54, 1.807) is 4.90 Å². The molecule has 1 aliphatic heterocycles. The highest BCUT2D eigenvalue weighted by atomic mass is 16.2. The topological polar surface area (TPSA) is 75.4 Å². The molecule has 2 aliphatic rings. The average molecular weight is 400 g/mol. The van der Waals surface area contributed by atoms with Crippen LogP contribution < -0.4 is 11.1 Å². The van der Waals surface area contributed by atoms with Crippen LogP contribution in [0.5, 0.6) is 0 Å². The van der Waals surface area contributed by atoms with Crippen LogP contribution in [0.2, 0.25) is 0 Å². The maximum atomic E-state index is 12.7. The number of nitrogens with one attached hydrogen (secondary N) is 1. The number of amides is 2. The first kappa shape index (κ1) is 21.8. The Morgan fingerprint density at radius 3 is 2.38 bits per heavy atom. The van der Waals surface area contributed by atoms with Crippen LogP contribution in [0.15, 0.2) is 24.3 Å². The molecule has 0 aromatic heterocycles. The SMILES string of the molecule is CC(C)[C@H](NCC(=O)N1CCC[C@@H](C(N)=O)C1)c1ccc(C2CCCCC2)cc1. The number of carbonyl (C=O) groups is 2. The zero-order valence-electron chi connectivity index (χ0n) is 18.0. The Balaban J connectivity index is 1.58. The third-order valence-electron chi connectivity index (χ3n) is 6.69. The van der Waals surface area contributed by atoms with Crippen molar-refractivity contribution in [2.75, 3.05) is 19.6 Å². The molecule has 1 saturated carbocycles. The van der Waals surface area contributed by atoms with Crippen molar-refractivity contribution in [2.24, 2.45) is 17.6 Å². The molecule has 160 valence electrons. The van der Waals surface area contributed by atoms with Gasteiger partial charge in [0, 0.05) is 19.1 Å². The second kappa shape index (κ2) is 10.2. The number of carbonyl (C=O) groups excluding carboxylic acids is 2. The Morgan fingerprint density at radius 2 is 1.76 bits per heavy atom. The molecule has 5 nitrogen and oxygen atoms in total. The highest BCUT2D eigenvalue weighted by Gasteiger charge is 2.27. The molecule has 0 spiro atoms. The molecule has 1 aliphatic carbocycles.